The molecule has 0 bridgehead atoms. The molecular weight excluding hydrogens is 470 g/mol. The maximum atomic E-state index is 12.9. The highest BCUT2D eigenvalue weighted by molar-refractivity contribution is 7.99. The van der Waals surface area contributed by atoms with Crippen LogP contribution < -0.4 is 10.6 Å². The van der Waals surface area contributed by atoms with Gasteiger partial charge in [0.25, 0.3) is 5.91 Å². The van der Waals surface area contributed by atoms with Crippen LogP contribution in [0.1, 0.15) is 39.2 Å². The summed E-state index contributed by atoms with van der Waals surface area (Å²) in [7, 11) is 3.50. The summed E-state index contributed by atoms with van der Waals surface area (Å²) in [6, 6.07) is 8.01. The number of methoxy groups -OCH3 is 1. The Hall–Kier alpha value is -2.69. The Bertz CT molecular complexity index is 1190. The number of hydrogen-bond donors (Lipinski definition) is 2. The van der Waals surface area contributed by atoms with Crippen molar-refractivity contribution >= 4 is 39.9 Å². The first-order valence-corrected chi connectivity index (χ1v) is 13.1. The van der Waals surface area contributed by atoms with Crippen molar-refractivity contribution in [2.45, 2.75) is 37.8 Å². The van der Waals surface area contributed by atoms with Crippen molar-refractivity contribution in [1.29, 1.82) is 0 Å². The van der Waals surface area contributed by atoms with Crippen molar-refractivity contribution in [3.05, 3.63) is 45.8 Å². The molecule has 1 aliphatic rings. The van der Waals surface area contributed by atoms with E-state index < -0.39 is 0 Å². The highest BCUT2D eigenvalue weighted by atomic mass is 32.2. The summed E-state index contributed by atoms with van der Waals surface area (Å²) in [6.07, 6.45) is 3.98. The molecule has 10 heteroatoms. The molecule has 0 aliphatic heterocycles. The van der Waals surface area contributed by atoms with Crippen LogP contribution in [-0.4, -0.2) is 52.6 Å². The van der Waals surface area contributed by atoms with Crippen molar-refractivity contribution in [2.24, 2.45) is 7.05 Å². The Balaban J connectivity index is 1.45. The number of hydrogen-bond acceptors (Lipinski definition) is 7. The largest absolute Gasteiger partial charge is 0.383 e. The lowest BCUT2D eigenvalue weighted by Crippen LogP contribution is -2.29. The standard InChI is InChI=1S/C24H29N5O3S2/c1-15-8-4-5-9-16(15)21-27-28-24(29(21)2)33-14-19(30)26-23-20(22(31)25-12-13-32-3)17-10-6-7-11-18(17)34-23/h4-5,8-9H,6-7,10-14H2,1-3H3,(H,25,31)(H,26,30). The van der Waals surface area contributed by atoms with Crippen molar-refractivity contribution in [3.8, 4) is 11.4 Å². The molecule has 0 spiro atoms. The molecule has 0 atom stereocenters. The smallest absolute Gasteiger partial charge is 0.254 e. The summed E-state index contributed by atoms with van der Waals surface area (Å²) in [5.74, 6) is 0.611. The summed E-state index contributed by atoms with van der Waals surface area (Å²) in [4.78, 5) is 26.9. The molecule has 2 aromatic heterocycles. The average Bonchev–Trinajstić information content (AvgIpc) is 3.38. The van der Waals surface area contributed by atoms with Crippen LogP contribution in [0, 0.1) is 6.92 Å². The number of nitrogens with zero attached hydrogens (tertiary/aromatic N) is 3. The molecule has 0 saturated heterocycles. The summed E-state index contributed by atoms with van der Waals surface area (Å²) < 4.78 is 6.94. The van der Waals surface area contributed by atoms with Crippen LogP contribution in [0.15, 0.2) is 29.4 Å². The molecule has 0 radical (unpaired) electrons. The maximum Gasteiger partial charge on any atom is 0.254 e. The van der Waals surface area contributed by atoms with Gasteiger partial charge in [0.1, 0.15) is 5.00 Å². The van der Waals surface area contributed by atoms with Gasteiger partial charge < -0.3 is 19.9 Å². The van der Waals surface area contributed by atoms with Crippen molar-refractivity contribution in [2.75, 3.05) is 31.3 Å². The fourth-order valence-corrected chi connectivity index (χ4v) is 6.05. The number of thioether (sulfide) groups is 1. The zero-order valence-electron chi connectivity index (χ0n) is 19.6. The second-order valence-corrected chi connectivity index (χ2v) is 10.2. The van der Waals surface area contributed by atoms with Crippen LogP contribution in [0.2, 0.25) is 0 Å². The molecule has 4 rings (SSSR count). The monoisotopic (exact) mass is 499 g/mol. The number of fused-ring (bicyclic) bond motifs is 1. The topological polar surface area (TPSA) is 98.1 Å². The number of thiophene rings is 1. The fraction of sp³-hybridized carbons (Fsp3) is 0.417. The number of anilines is 1. The third-order valence-corrected chi connectivity index (χ3v) is 8.02. The van der Waals surface area contributed by atoms with Gasteiger partial charge in [-0.25, -0.2) is 0 Å². The minimum atomic E-state index is -0.171. The number of ether oxygens (including phenoxy) is 1. The van der Waals surface area contributed by atoms with Gasteiger partial charge >= 0.3 is 0 Å². The normalized spacial score (nSPS) is 12.9. The van der Waals surface area contributed by atoms with E-state index in [0.717, 1.165) is 48.2 Å². The second kappa shape index (κ2) is 11.2. The number of nitrogens with one attached hydrogen (secondary N) is 2. The summed E-state index contributed by atoms with van der Waals surface area (Å²) in [5.41, 5.74) is 3.81. The Morgan fingerprint density at radius 1 is 1.21 bits per heavy atom. The number of amides is 2. The summed E-state index contributed by atoms with van der Waals surface area (Å²) in [6.45, 7) is 2.91. The lowest BCUT2D eigenvalue weighted by atomic mass is 9.95. The van der Waals surface area contributed by atoms with E-state index in [-0.39, 0.29) is 17.6 Å². The van der Waals surface area contributed by atoms with E-state index in [4.69, 9.17) is 4.74 Å². The first-order valence-electron chi connectivity index (χ1n) is 11.3. The molecule has 1 aliphatic carbocycles. The van der Waals surface area contributed by atoms with E-state index in [2.05, 4.69) is 20.8 Å². The number of rotatable bonds is 9. The van der Waals surface area contributed by atoms with Crippen LogP contribution in [0.5, 0.6) is 0 Å². The highest BCUT2D eigenvalue weighted by Crippen LogP contribution is 2.38. The third-order valence-electron chi connectivity index (χ3n) is 5.80. The minimum absolute atomic E-state index is 0.157. The lowest BCUT2D eigenvalue weighted by molar-refractivity contribution is -0.113. The van der Waals surface area contributed by atoms with E-state index in [1.165, 1.54) is 28.0 Å². The van der Waals surface area contributed by atoms with E-state index in [1.54, 1.807) is 7.11 Å². The van der Waals surface area contributed by atoms with Gasteiger partial charge in [-0.05, 0) is 43.7 Å². The van der Waals surface area contributed by atoms with Crippen LogP contribution in [0.4, 0.5) is 5.00 Å². The Morgan fingerprint density at radius 3 is 2.79 bits per heavy atom. The Labute approximate surface area is 207 Å². The molecule has 8 nitrogen and oxygen atoms in total. The van der Waals surface area contributed by atoms with Gasteiger partial charge in [0.05, 0.1) is 17.9 Å². The van der Waals surface area contributed by atoms with E-state index in [9.17, 15) is 9.59 Å². The number of aromatic nitrogens is 3. The van der Waals surface area contributed by atoms with E-state index in [0.29, 0.717) is 28.9 Å². The predicted octanol–water partition coefficient (Wildman–Crippen LogP) is 3.84. The highest BCUT2D eigenvalue weighted by Gasteiger charge is 2.26. The quantitative estimate of drug-likeness (QED) is 0.343. The Kier molecular flexibility index (Phi) is 8.02. The molecule has 2 heterocycles. The van der Waals surface area contributed by atoms with Crippen molar-refractivity contribution < 1.29 is 14.3 Å². The molecule has 34 heavy (non-hydrogen) atoms. The Morgan fingerprint density at radius 2 is 2.00 bits per heavy atom. The molecule has 0 saturated carbocycles. The molecule has 0 unspecified atom stereocenters. The molecule has 3 aromatic rings. The molecule has 1 aromatic carbocycles. The van der Waals surface area contributed by atoms with Gasteiger partial charge in [-0.15, -0.1) is 21.5 Å². The van der Waals surface area contributed by atoms with Crippen LogP contribution in [0.3, 0.4) is 0 Å². The van der Waals surface area contributed by atoms with Crippen LogP contribution in [0.25, 0.3) is 11.4 Å². The van der Waals surface area contributed by atoms with Crippen LogP contribution >= 0.6 is 23.1 Å². The predicted molar refractivity (Wildman–Crippen MR) is 136 cm³/mol. The number of aryl methyl sites for hydroxylation is 2. The molecule has 2 amide bonds. The molecular formula is C24H29N5O3S2. The SMILES string of the molecule is COCCNC(=O)c1c(NC(=O)CSc2nnc(-c3ccccc3C)n2C)sc2c1CCCC2. The molecule has 2 N–H and O–H groups in total. The van der Waals surface area contributed by atoms with E-state index in [1.807, 2.05) is 42.8 Å². The average molecular weight is 500 g/mol. The van der Waals surface area contributed by atoms with Crippen LogP contribution in [-0.2, 0) is 29.4 Å². The zero-order chi connectivity index (χ0) is 24.1. The van der Waals surface area contributed by atoms with Gasteiger partial charge in [0.15, 0.2) is 11.0 Å². The summed E-state index contributed by atoms with van der Waals surface area (Å²) >= 11 is 2.85. The molecule has 0 fully saturated rings. The van der Waals surface area contributed by atoms with Gasteiger partial charge in [0.2, 0.25) is 5.91 Å². The van der Waals surface area contributed by atoms with E-state index >= 15 is 0 Å². The summed E-state index contributed by atoms with van der Waals surface area (Å²) in [5, 5.41) is 15.8. The van der Waals surface area contributed by atoms with Crippen molar-refractivity contribution in [1.82, 2.24) is 20.1 Å². The number of carbonyl (C=O) groups is 2. The van der Waals surface area contributed by atoms with Gasteiger partial charge in [0, 0.05) is 31.1 Å². The minimum Gasteiger partial charge on any atom is -0.383 e. The first kappa shape index (κ1) is 24.4. The van der Waals surface area contributed by atoms with Crippen molar-refractivity contribution in [3.63, 3.8) is 0 Å². The maximum absolute atomic E-state index is 12.9. The lowest BCUT2D eigenvalue weighted by Gasteiger charge is -2.13. The fourth-order valence-electron chi connectivity index (χ4n) is 4.04. The number of benzene rings is 1. The zero-order valence-corrected chi connectivity index (χ0v) is 21.3. The van der Waals surface area contributed by atoms with Gasteiger partial charge in [-0.1, -0.05) is 36.0 Å². The molecule has 180 valence electrons. The van der Waals surface area contributed by atoms with Gasteiger partial charge in [-0.2, -0.15) is 0 Å². The third kappa shape index (κ3) is 5.34. The number of carbonyl (C=O) groups excluding carboxylic acids is 2. The second-order valence-electron chi connectivity index (χ2n) is 8.18. The van der Waals surface area contributed by atoms with Gasteiger partial charge in [-0.3, -0.25) is 9.59 Å². The first-order chi connectivity index (χ1) is 16.5.